The molecule has 3 nitrogen and oxygen atoms in total. The van der Waals surface area contributed by atoms with Gasteiger partial charge >= 0.3 is 0 Å². The van der Waals surface area contributed by atoms with Gasteiger partial charge in [0.1, 0.15) is 6.17 Å². The first-order valence-electron chi connectivity index (χ1n) is 6.64. The molecule has 19 heavy (non-hydrogen) atoms. The van der Waals surface area contributed by atoms with Crippen LogP contribution >= 0.6 is 23.4 Å². The molecule has 1 N–H and O–H groups in total. The summed E-state index contributed by atoms with van der Waals surface area (Å²) in [5.41, 5.74) is 1.07. The van der Waals surface area contributed by atoms with Crippen molar-refractivity contribution in [1.29, 1.82) is 0 Å². The summed E-state index contributed by atoms with van der Waals surface area (Å²) in [6, 6.07) is 7.76. The van der Waals surface area contributed by atoms with Crippen LogP contribution in [0.3, 0.4) is 0 Å². The zero-order valence-electron chi connectivity index (χ0n) is 10.6. The van der Waals surface area contributed by atoms with E-state index in [9.17, 15) is 4.79 Å². The molecule has 0 aromatic heterocycles. The van der Waals surface area contributed by atoms with Gasteiger partial charge in [-0.2, -0.15) is 11.8 Å². The second-order valence-corrected chi connectivity index (χ2v) is 6.86. The van der Waals surface area contributed by atoms with E-state index in [4.69, 9.17) is 11.6 Å². The Labute approximate surface area is 122 Å². The van der Waals surface area contributed by atoms with Crippen LogP contribution in [-0.4, -0.2) is 34.9 Å². The van der Waals surface area contributed by atoms with Gasteiger partial charge in [-0.25, -0.2) is 0 Å². The Bertz CT molecular complexity index is 476. The van der Waals surface area contributed by atoms with Crippen LogP contribution in [0.5, 0.6) is 0 Å². The van der Waals surface area contributed by atoms with Crippen molar-refractivity contribution in [2.75, 3.05) is 18.8 Å². The van der Waals surface area contributed by atoms with E-state index in [1.807, 2.05) is 40.9 Å². The van der Waals surface area contributed by atoms with Crippen molar-refractivity contribution in [3.8, 4) is 0 Å². The van der Waals surface area contributed by atoms with Crippen molar-refractivity contribution in [3.05, 3.63) is 34.9 Å². The SMILES string of the molecule is O=C1CNC(c2cccc(Cl)c2)N1CC1CCCS1. The highest BCUT2D eigenvalue weighted by Gasteiger charge is 2.33. The Morgan fingerprint density at radius 3 is 3.11 bits per heavy atom. The fraction of sp³-hybridized carbons (Fsp3) is 0.500. The van der Waals surface area contributed by atoms with Gasteiger partial charge in [0.25, 0.3) is 0 Å². The number of benzene rings is 1. The van der Waals surface area contributed by atoms with E-state index in [1.165, 1.54) is 18.6 Å². The summed E-state index contributed by atoms with van der Waals surface area (Å²) in [5.74, 6) is 1.42. The molecule has 2 aliphatic rings. The lowest BCUT2D eigenvalue weighted by atomic mass is 10.1. The lowest BCUT2D eigenvalue weighted by Gasteiger charge is -2.27. The van der Waals surface area contributed by atoms with Gasteiger partial charge < -0.3 is 4.90 Å². The summed E-state index contributed by atoms with van der Waals surface area (Å²) < 4.78 is 0. The third-order valence-corrected chi connectivity index (χ3v) is 5.28. The van der Waals surface area contributed by atoms with Crippen LogP contribution < -0.4 is 5.32 Å². The molecular formula is C14H17ClN2OS. The van der Waals surface area contributed by atoms with Crippen molar-refractivity contribution in [1.82, 2.24) is 10.2 Å². The molecule has 2 heterocycles. The van der Waals surface area contributed by atoms with Gasteiger partial charge in [0.15, 0.2) is 0 Å². The van der Waals surface area contributed by atoms with Crippen LogP contribution in [0.1, 0.15) is 24.6 Å². The first kappa shape index (κ1) is 13.3. The van der Waals surface area contributed by atoms with Gasteiger partial charge in [-0.1, -0.05) is 23.7 Å². The number of hydrogen-bond donors (Lipinski definition) is 1. The smallest absolute Gasteiger partial charge is 0.238 e. The van der Waals surface area contributed by atoms with Gasteiger partial charge in [0, 0.05) is 16.8 Å². The van der Waals surface area contributed by atoms with Crippen molar-refractivity contribution < 1.29 is 4.79 Å². The number of amides is 1. The van der Waals surface area contributed by atoms with Gasteiger partial charge in [0.2, 0.25) is 5.91 Å². The van der Waals surface area contributed by atoms with Crippen LogP contribution in [0.15, 0.2) is 24.3 Å². The van der Waals surface area contributed by atoms with Gasteiger partial charge in [-0.3, -0.25) is 10.1 Å². The average Bonchev–Trinajstić information content (AvgIpc) is 3.01. The summed E-state index contributed by atoms with van der Waals surface area (Å²) in [6.45, 7) is 1.27. The molecule has 1 aromatic rings. The number of hydrogen-bond acceptors (Lipinski definition) is 3. The molecule has 1 aromatic carbocycles. The number of nitrogens with one attached hydrogen (secondary N) is 1. The molecule has 2 aliphatic heterocycles. The second kappa shape index (κ2) is 5.73. The summed E-state index contributed by atoms with van der Waals surface area (Å²) in [4.78, 5) is 14.0. The standard InChI is InChI=1S/C14H17ClN2OS/c15-11-4-1-3-10(7-11)14-16-8-13(18)17(14)9-12-5-2-6-19-12/h1,3-4,7,12,14,16H,2,5-6,8-9H2. The van der Waals surface area contributed by atoms with Crippen LogP contribution in [0.4, 0.5) is 0 Å². The van der Waals surface area contributed by atoms with Crippen LogP contribution in [0.25, 0.3) is 0 Å². The molecule has 0 bridgehead atoms. The first-order valence-corrected chi connectivity index (χ1v) is 8.06. The predicted molar refractivity (Wildman–Crippen MR) is 79.4 cm³/mol. The highest BCUT2D eigenvalue weighted by Crippen LogP contribution is 2.31. The molecule has 3 rings (SSSR count). The molecule has 0 aliphatic carbocycles. The van der Waals surface area contributed by atoms with Gasteiger partial charge in [-0.15, -0.1) is 0 Å². The summed E-state index contributed by atoms with van der Waals surface area (Å²) in [7, 11) is 0. The quantitative estimate of drug-likeness (QED) is 0.931. The average molecular weight is 297 g/mol. The van der Waals surface area contributed by atoms with Crippen molar-refractivity contribution >= 4 is 29.3 Å². The largest absolute Gasteiger partial charge is 0.321 e. The topological polar surface area (TPSA) is 32.3 Å². The number of nitrogens with zero attached hydrogens (tertiary/aromatic N) is 1. The monoisotopic (exact) mass is 296 g/mol. The lowest BCUT2D eigenvalue weighted by molar-refractivity contribution is -0.128. The second-order valence-electron chi connectivity index (χ2n) is 5.02. The molecule has 5 heteroatoms. The number of carbonyl (C=O) groups is 1. The Morgan fingerprint density at radius 2 is 2.37 bits per heavy atom. The summed E-state index contributed by atoms with van der Waals surface area (Å²) in [5, 5.41) is 4.59. The van der Waals surface area contributed by atoms with E-state index in [2.05, 4.69) is 5.32 Å². The van der Waals surface area contributed by atoms with Crippen LogP contribution in [0, 0.1) is 0 Å². The van der Waals surface area contributed by atoms with Crippen molar-refractivity contribution in [2.24, 2.45) is 0 Å². The fourth-order valence-corrected chi connectivity index (χ4v) is 4.19. The highest BCUT2D eigenvalue weighted by atomic mass is 35.5. The highest BCUT2D eigenvalue weighted by molar-refractivity contribution is 8.00. The minimum atomic E-state index is -0.0209. The number of thioether (sulfide) groups is 1. The van der Waals surface area contributed by atoms with E-state index in [-0.39, 0.29) is 12.1 Å². The zero-order chi connectivity index (χ0) is 13.2. The predicted octanol–water partition coefficient (Wildman–Crippen LogP) is 2.67. The Balaban J connectivity index is 1.77. The van der Waals surface area contributed by atoms with Crippen molar-refractivity contribution in [2.45, 2.75) is 24.3 Å². The molecule has 2 saturated heterocycles. The molecule has 2 fully saturated rings. The molecular weight excluding hydrogens is 280 g/mol. The Hall–Kier alpha value is -0.710. The fourth-order valence-electron chi connectivity index (χ4n) is 2.73. The molecule has 0 spiro atoms. The Morgan fingerprint density at radius 1 is 1.47 bits per heavy atom. The third-order valence-electron chi connectivity index (χ3n) is 3.67. The van der Waals surface area contributed by atoms with E-state index >= 15 is 0 Å². The van der Waals surface area contributed by atoms with E-state index in [0.717, 1.165) is 12.1 Å². The van der Waals surface area contributed by atoms with Crippen LogP contribution in [0.2, 0.25) is 5.02 Å². The number of halogens is 1. The summed E-state index contributed by atoms with van der Waals surface area (Å²) in [6.07, 6.45) is 2.47. The van der Waals surface area contributed by atoms with Gasteiger partial charge in [0.05, 0.1) is 6.54 Å². The maximum Gasteiger partial charge on any atom is 0.238 e. The lowest BCUT2D eigenvalue weighted by Crippen LogP contribution is -2.35. The minimum absolute atomic E-state index is 0.0209. The van der Waals surface area contributed by atoms with Crippen molar-refractivity contribution in [3.63, 3.8) is 0 Å². The molecule has 2 atom stereocenters. The maximum atomic E-state index is 12.1. The minimum Gasteiger partial charge on any atom is -0.321 e. The Kier molecular flexibility index (Phi) is 4.01. The van der Waals surface area contributed by atoms with E-state index in [1.54, 1.807) is 0 Å². The first-order chi connectivity index (χ1) is 9.24. The van der Waals surface area contributed by atoms with Crippen LogP contribution in [-0.2, 0) is 4.79 Å². The normalized spacial score (nSPS) is 27.2. The third kappa shape index (κ3) is 2.91. The molecule has 0 radical (unpaired) electrons. The molecule has 2 unspecified atom stereocenters. The number of carbonyl (C=O) groups excluding carboxylic acids is 1. The van der Waals surface area contributed by atoms with E-state index < -0.39 is 0 Å². The zero-order valence-corrected chi connectivity index (χ0v) is 12.2. The van der Waals surface area contributed by atoms with E-state index in [0.29, 0.717) is 16.8 Å². The van der Waals surface area contributed by atoms with Gasteiger partial charge in [-0.05, 0) is 36.3 Å². The summed E-state index contributed by atoms with van der Waals surface area (Å²) >= 11 is 8.03. The number of rotatable bonds is 3. The molecule has 102 valence electrons. The maximum absolute atomic E-state index is 12.1. The molecule has 0 saturated carbocycles. The molecule has 1 amide bonds.